The number of hydrogen-bond acceptors (Lipinski definition) is 3. The third-order valence-electron chi connectivity index (χ3n) is 2.47. The Morgan fingerprint density at radius 1 is 1.38 bits per heavy atom. The number of rotatable bonds is 3. The van der Waals surface area contributed by atoms with E-state index in [1.54, 1.807) is 12.4 Å². The standard InChI is InChI=1S/C11H13BrN4/c1-16-9(2-5-13)15-11(12)10(16)8-3-6-14-7-4-8/h3-4,6-7H,2,5,13H2,1H3. The van der Waals surface area contributed by atoms with E-state index in [0.29, 0.717) is 6.54 Å². The van der Waals surface area contributed by atoms with Crippen molar-refractivity contribution in [2.24, 2.45) is 12.8 Å². The van der Waals surface area contributed by atoms with Gasteiger partial charge in [-0.15, -0.1) is 0 Å². The third kappa shape index (κ3) is 2.01. The molecule has 4 nitrogen and oxygen atoms in total. The van der Waals surface area contributed by atoms with E-state index in [1.165, 1.54) is 0 Å². The Morgan fingerprint density at radius 2 is 2.06 bits per heavy atom. The summed E-state index contributed by atoms with van der Waals surface area (Å²) < 4.78 is 2.91. The van der Waals surface area contributed by atoms with Gasteiger partial charge in [-0.25, -0.2) is 4.98 Å². The summed E-state index contributed by atoms with van der Waals surface area (Å²) in [6.45, 7) is 0.604. The molecule has 0 saturated heterocycles. The van der Waals surface area contributed by atoms with Crippen LogP contribution in [0.5, 0.6) is 0 Å². The van der Waals surface area contributed by atoms with Crippen LogP contribution in [-0.2, 0) is 13.5 Å². The molecule has 0 bridgehead atoms. The molecule has 16 heavy (non-hydrogen) atoms. The summed E-state index contributed by atoms with van der Waals surface area (Å²) in [6, 6.07) is 3.93. The minimum atomic E-state index is 0.604. The van der Waals surface area contributed by atoms with Gasteiger partial charge in [0.1, 0.15) is 10.4 Å². The Kier molecular flexibility index (Phi) is 3.36. The van der Waals surface area contributed by atoms with E-state index >= 15 is 0 Å². The van der Waals surface area contributed by atoms with Gasteiger partial charge in [-0.05, 0) is 34.6 Å². The quantitative estimate of drug-likeness (QED) is 0.932. The molecule has 0 aliphatic heterocycles. The molecule has 0 unspecified atom stereocenters. The molecule has 0 aliphatic rings. The summed E-state index contributed by atoms with van der Waals surface area (Å²) in [4.78, 5) is 8.46. The van der Waals surface area contributed by atoms with Gasteiger partial charge in [-0.3, -0.25) is 4.98 Å². The molecule has 2 heterocycles. The van der Waals surface area contributed by atoms with Crippen molar-refractivity contribution in [1.82, 2.24) is 14.5 Å². The predicted molar refractivity (Wildman–Crippen MR) is 66.9 cm³/mol. The van der Waals surface area contributed by atoms with Crippen molar-refractivity contribution in [3.05, 3.63) is 35.0 Å². The molecule has 0 saturated carbocycles. The molecule has 0 fully saturated rings. The topological polar surface area (TPSA) is 56.7 Å². The molecule has 2 aromatic heterocycles. The highest BCUT2D eigenvalue weighted by atomic mass is 79.9. The van der Waals surface area contributed by atoms with Crippen molar-refractivity contribution in [2.75, 3.05) is 6.54 Å². The Bertz CT molecular complexity index is 478. The van der Waals surface area contributed by atoms with Crippen LogP contribution in [0.1, 0.15) is 5.82 Å². The van der Waals surface area contributed by atoms with Crippen LogP contribution in [0.4, 0.5) is 0 Å². The first kappa shape index (κ1) is 11.3. The van der Waals surface area contributed by atoms with Gasteiger partial charge in [0.15, 0.2) is 0 Å². The van der Waals surface area contributed by atoms with Crippen LogP contribution in [0.2, 0.25) is 0 Å². The van der Waals surface area contributed by atoms with Gasteiger partial charge >= 0.3 is 0 Å². The molecule has 84 valence electrons. The molecular weight excluding hydrogens is 268 g/mol. The van der Waals surface area contributed by atoms with E-state index in [0.717, 1.165) is 28.1 Å². The molecule has 2 rings (SSSR count). The van der Waals surface area contributed by atoms with Crippen molar-refractivity contribution >= 4 is 15.9 Å². The first-order chi connectivity index (χ1) is 7.74. The smallest absolute Gasteiger partial charge is 0.132 e. The van der Waals surface area contributed by atoms with E-state index < -0.39 is 0 Å². The molecule has 0 atom stereocenters. The normalized spacial score (nSPS) is 10.7. The lowest BCUT2D eigenvalue weighted by atomic mass is 10.2. The Morgan fingerprint density at radius 3 is 2.69 bits per heavy atom. The fraction of sp³-hybridized carbons (Fsp3) is 0.273. The fourth-order valence-corrected chi connectivity index (χ4v) is 2.38. The summed E-state index contributed by atoms with van der Waals surface area (Å²) >= 11 is 3.48. The van der Waals surface area contributed by atoms with Crippen LogP contribution in [0.15, 0.2) is 29.1 Å². The Hall–Kier alpha value is -1.20. The summed E-state index contributed by atoms with van der Waals surface area (Å²) in [6.07, 6.45) is 4.33. The highest BCUT2D eigenvalue weighted by Gasteiger charge is 2.13. The zero-order valence-corrected chi connectivity index (χ0v) is 10.6. The molecular formula is C11H13BrN4. The zero-order chi connectivity index (χ0) is 11.5. The average molecular weight is 281 g/mol. The fourth-order valence-electron chi connectivity index (χ4n) is 1.68. The van der Waals surface area contributed by atoms with Gasteiger partial charge in [-0.2, -0.15) is 0 Å². The van der Waals surface area contributed by atoms with E-state index in [9.17, 15) is 0 Å². The molecule has 5 heteroatoms. The van der Waals surface area contributed by atoms with Crippen molar-refractivity contribution in [3.63, 3.8) is 0 Å². The second kappa shape index (κ2) is 4.76. The molecule has 0 aliphatic carbocycles. The molecule has 0 radical (unpaired) electrons. The number of nitrogens with two attached hydrogens (primary N) is 1. The lowest BCUT2D eigenvalue weighted by molar-refractivity contribution is 0.782. The van der Waals surface area contributed by atoms with Crippen LogP contribution < -0.4 is 5.73 Å². The maximum absolute atomic E-state index is 5.55. The largest absolute Gasteiger partial charge is 0.330 e. The van der Waals surface area contributed by atoms with Crippen molar-refractivity contribution < 1.29 is 0 Å². The number of imidazole rings is 1. The van der Waals surface area contributed by atoms with Gasteiger partial charge < -0.3 is 10.3 Å². The molecule has 2 aromatic rings. The molecule has 0 spiro atoms. The van der Waals surface area contributed by atoms with Gasteiger partial charge in [0.05, 0.1) is 5.69 Å². The summed E-state index contributed by atoms with van der Waals surface area (Å²) in [5.74, 6) is 0.987. The second-order valence-electron chi connectivity index (χ2n) is 3.50. The van der Waals surface area contributed by atoms with E-state index in [1.807, 2.05) is 19.2 Å². The highest BCUT2D eigenvalue weighted by Crippen LogP contribution is 2.27. The molecule has 2 N–H and O–H groups in total. The Balaban J connectivity index is 2.49. The highest BCUT2D eigenvalue weighted by molar-refractivity contribution is 9.10. The maximum Gasteiger partial charge on any atom is 0.132 e. The summed E-state index contributed by atoms with van der Waals surface area (Å²) in [7, 11) is 2.00. The van der Waals surface area contributed by atoms with Crippen LogP contribution in [-0.4, -0.2) is 21.1 Å². The summed E-state index contributed by atoms with van der Waals surface area (Å²) in [5.41, 5.74) is 7.71. The minimum Gasteiger partial charge on any atom is -0.330 e. The van der Waals surface area contributed by atoms with Crippen LogP contribution in [0.3, 0.4) is 0 Å². The lowest BCUT2D eigenvalue weighted by Gasteiger charge is -2.05. The average Bonchev–Trinajstić information content (AvgIpc) is 2.56. The predicted octanol–water partition coefficient (Wildman–Crippen LogP) is 1.75. The van der Waals surface area contributed by atoms with Crippen molar-refractivity contribution in [3.8, 4) is 11.3 Å². The second-order valence-corrected chi connectivity index (χ2v) is 4.25. The first-order valence-corrected chi connectivity index (χ1v) is 5.85. The molecule has 0 aromatic carbocycles. The first-order valence-electron chi connectivity index (χ1n) is 5.05. The van der Waals surface area contributed by atoms with Crippen LogP contribution >= 0.6 is 15.9 Å². The lowest BCUT2D eigenvalue weighted by Crippen LogP contribution is -2.08. The van der Waals surface area contributed by atoms with Crippen molar-refractivity contribution in [1.29, 1.82) is 0 Å². The number of aromatic nitrogens is 3. The monoisotopic (exact) mass is 280 g/mol. The van der Waals surface area contributed by atoms with E-state index in [-0.39, 0.29) is 0 Å². The third-order valence-corrected chi connectivity index (χ3v) is 3.02. The van der Waals surface area contributed by atoms with Crippen LogP contribution in [0, 0.1) is 0 Å². The van der Waals surface area contributed by atoms with Crippen LogP contribution in [0.25, 0.3) is 11.3 Å². The zero-order valence-electron chi connectivity index (χ0n) is 9.02. The van der Waals surface area contributed by atoms with E-state index in [4.69, 9.17) is 5.73 Å². The number of nitrogens with zero attached hydrogens (tertiary/aromatic N) is 3. The maximum atomic E-state index is 5.55. The summed E-state index contributed by atoms with van der Waals surface area (Å²) in [5, 5.41) is 0. The molecule has 0 amide bonds. The number of halogens is 1. The number of hydrogen-bond donors (Lipinski definition) is 1. The van der Waals surface area contributed by atoms with Gasteiger partial charge in [0.2, 0.25) is 0 Å². The van der Waals surface area contributed by atoms with Gasteiger partial charge in [0.25, 0.3) is 0 Å². The van der Waals surface area contributed by atoms with Gasteiger partial charge in [0, 0.05) is 31.4 Å². The van der Waals surface area contributed by atoms with E-state index in [2.05, 4.69) is 30.5 Å². The van der Waals surface area contributed by atoms with Crippen molar-refractivity contribution in [2.45, 2.75) is 6.42 Å². The minimum absolute atomic E-state index is 0.604. The van der Waals surface area contributed by atoms with Gasteiger partial charge in [-0.1, -0.05) is 0 Å². The Labute approximate surface area is 103 Å². The SMILES string of the molecule is Cn1c(CCN)nc(Br)c1-c1ccncc1. The number of pyridine rings is 1.